The predicted molar refractivity (Wildman–Crippen MR) is 95.2 cm³/mol. The molecule has 2 aromatic rings. The molecule has 1 aromatic carbocycles. The molecular weight excluding hydrogens is 410 g/mol. The minimum Gasteiger partial charge on any atom is -0.495 e. The lowest BCUT2D eigenvalue weighted by Crippen LogP contribution is -2.31. The van der Waals surface area contributed by atoms with Crippen molar-refractivity contribution in [1.82, 2.24) is 15.1 Å². The van der Waals surface area contributed by atoms with E-state index in [1.807, 2.05) is 6.07 Å². The van der Waals surface area contributed by atoms with Crippen molar-refractivity contribution in [2.75, 3.05) is 20.2 Å². The van der Waals surface area contributed by atoms with Gasteiger partial charge in [-0.25, -0.2) is 0 Å². The first-order valence-electron chi connectivity index (χ1n) is 7.46. The molecule has 1 aromatic heterocycles. The highest BCUT2D eigenvalue weighted by molar-refractivity contribution is 9.11. The molecule has 0 unspecified atom stereocenters. The van der Waals surface area contributed by atoms with Crippen molar-refractivity contribution >= 4 is 31.9 Å². The number of aromatic amines is 1. The van der Waals surface area contributed by atoms with E-state index in [0.29, 0.717) is 0 Å². The first kappa shape index (κ1) is 16.0. The van der Waals surface area contributed by atoms with Gasteiger partial charge in [0.05, 0.1) is 11.6 Å². The van der Waals surface area contributed by atoms with Gasteiger partial charge in [0.25, 0.3) is 0 Å². The molecular formula is C16H19Br2N3O. The van der Waals surface area contributed by atoms with Crippen LogP contribution in [-0.2, 0) is 13.0 Å². The van der Waals surface area contributed by atoms with Crippen LogP contribution in [0.25, 0.3) is 11.3 Å². The first-order valence-corrected chi connectivity index (χ1v) is 9.04. The molecule has 0 aliphatic carbocycles. The molecule has 2 heterocycles. The van der Waals surface area contributed by atoms with Gasteiger partial charge in [0.15, 0.2) is 0 Å². The van der Waals surface area contributed by atoms with Crippen LogP contribution in [-0.4, -0.2) is 35.3 Å². The minimum absolute atomic E-state index is 0.824. The number of aromatic nitrogens is 2. The number of ether oxygens (including phenoxy) is 1. The molecule has 0 bridgehead atoms. The summed E-state index contributed by atoms with van der Waals surface area (Å²) in [5.74, 6) is 0.824. The highest BCUT2D eigenvalue weighted by Gasteiger charge is 2.24. The highest BCUT2D eigenvalue weighted by atomic mass is 79.9. The van der Waals surface area contributed by atoms with Gasteiger partial charge in [-0.2, -0.15) is 5.10 Å². The summed E-state index contributed by atoms with van der Waals surface area (Å²) in [4.78, 5) is 2.49. The van der Waals surface area contributed by atoms with Gasteiger partial charge < -0.3 is 4.74 Å². The maximum atomic E-state index is 5.59. The number of methoxy groups -OCH3 is 1. The average molecular weight is 429 g/mol. The summed E-state index contributed by atoms with van der Waals surface area (Å²) in [7, 11) is 1.69. The Balaban J connectivity index is 2.06. The van der Waals surface area contributed by atoms with E-state index in [9.17, 15) is 0 Å². The zero-order chi connectivity index (χ0) is 15.7. The molecule has 1 aliphatic heterocycles. The number of benzene rings is 1. The fourth-order valence-corrected chi connectivity index (χ4v) is 4.41. The second-order valence-corrected chi connectivity index (χ2v) is 7.29. The predicted octanol–water partition coefficient (Wildman–Crippen LogP) is 4.38. The lowest BCUT2D eigenvalue weighted by Gasteiger charge is -2.26. The standard InChI is InChI=1S/C16H19Br2N3O/c1-3-5-21-6-4-14-12(9-21)15(20-19-14)11-7-10(17)8-13(18)16(11)22-2/h7-8H,3-6,9H2,1-2H3,(H,19,20). The number of rotatable bonds is 4. The van der Waals surface area contributed by atoms with Crippen LogP contribution in [0.15, 0.2) is 21.1 Å². The molecule has 0 saturated heterocycles. The molecule has 22 heavy (non-hydrogen) atoms. The number of nitrogens with one attached hydrogen (secondary N) is 1. The van der Waals surface area contributed by atoms with Crippen LogP contribution in [0.2, 0.25) is 0 Å². The van der Waals surface area contributed by atoms with E-state index >= 15 is 0 Å². The van der Waals surface area contributed by atoms with E-state index in [1.54, 1.807) is 7.11 Å². The largest absolute Gasteiger partial charge is 0.495 e. The summed E-state index contributed by atoms with van der Waals surface area (Å²) in [6.07, 6.45) is 2.20. The smallest absolute Gasteiger partial charge is 0.142 e. The van der Waals surface area contributed by atoms with Crippen LogP contribution in [0, 0.1) is 0 Å². The maximum Gasteiger partial charge on any atom is 0.142 e. The number of nitrogens with zero attached hydrogens (tertiary/aromatic N) is 2. The molecule has 1 aliphatic rings. The van der Waals surface area contributed by atoms with E-state index in [4.69, 9.17) is 4.74 Å². The Bertz CT molecular complexity index is 684. The molecule has 4 nitrogen and oxygen atoms in total. The lowest BCUT2D eigenvalue weighted by atomic mass is 10.0. The molecule has 0 amide bonds. The van der Waals surface area contributed by atoms with Crippen LogP contribution in [0.1, 0.15) is 24.6 Å². The fourth-order valence-electron chi connectivity index (χ4n) is 3.02. The topological polar surface area (TPSA) is 41.2 Å². The molecule has 6 heteroatoms. The third-order valence-electron chi connectivity index (χ3n) is 4.02. The summed E-state index contributed by atoms with van der Waals surface area (Å²) >= 11 is 7.13. The zero-order valence-corrected chi connectivity index (χ0v) is 15.9. The van der Waals surface area contributed by atoms with Crippen LogP contribution in [0.5, 0.6) is 5.75 Å². The molecule has 3 rings (SSSR count). The molecule has 0 spiro atoms. The Morgan fingerprint density at radius 1 is 1.36 bits per heavy atom. The lowest BCUT2D eigenvalue weighted by molar-refractivity contribution is 0.254. The van der Waals surface area contributed by atoms with Crippen molar-refractivity contribution in [3.05, 3.63) is 32.3 Å². The van der Waals surface area contributed by atoms with Gasteiger partial charge in [0.1, 0.15) is 11.4 Å². The second kappa shape index (κ2) is 6.72. The Morgan fingerprint density at radius 3 is 2.91 bits per heavy atom. The SMILES string of the molecule is CCCN1CCc2[nH]nc(-c3cc(Br)cc(Br)c3OC)c2C1. The van der Waals surface area contributed by atoms with Gasteiger partial charge in [0, 0.05) is 40.8 Å². The van der Waals surface area contributed by atoms with Crippen LogP contribution >= 0.6 is 31.9 Å². The number of hydrogen-bond acceptors (Lipinski definition) is 3. The quantitative estimate of drug-likeness (QED) is 0.785. The second-order valence-electron chi connectivity index (χ2n) is 5.52. The van der Waals surface area contributed by atoms with Crippen molar-refractivity contribution in [3.8, 4) is 17.0 Å². The summed E-state index contributed by atoms with van der Waals surface area (Å²) in [5.41, 5.74) is 4.55. The van der Waals surface area contributed by atoms with Crippen LogP contribution in [0.3, 0.4) is 0 Å². The average Bonchev–Trinajstić information content (AvgIpc) is 2.90. The van der Waals surface area contributed by atoms with Crippen LogP contribution < -0.4 is 4.74 Å². The van der Waals surface area contributed by atoms with E-state index in [0.717, 1.165) is 52.0 Å². The van der Waals surface area contributed by atoms with Gasteiger partial charge in [-0.15, -0.1) is 0 Å². The first-order chi connectivity index (χ1) is 10.6. The Morgan fingerprint density at radius 2 is 2.18 bits per heavy atom. The molecule has 0 radical (unpaired) electrons. The maximum absolute atomic E-state index is 5.59. The normalized spacial score (nSPS) is 14.9. The van der Waals surface area contributed by atoms with E-state index in [1.165, 1.54) is 17.7 Å². The van der Waals surface area contributed by atoms with Crippen molar-refractivity contribution in [1.29, 1.82) is 0 Å². The molecule has 0 fully saturated rings. The number of halogens is 2. The van der Waals surface area contributed by atoms with Gasteiger partial charge in [-0.3, -0.25) is 10.00 Å². The Hall–Kier alpha value is -0.850. The van der Waals surface area contributed by atoms with Crippen LogP contribution in [0.4, 0.5) is 0 Å². The zero-order valence-electron chi connectivity index (χ0n) is 12.7. The van der Waals surface area contributed by atoms with E-state index in [-0.39, 0.29) is 0 Å². The summed E-state index contributed by atoms with van der Waals surface area (Å²) in [5, 5.41) is 7.79. The monoisotopic (exact) mass is 427 g/mol. The van der Waals surface area contributed by atoms with Gasteiger partial charge >= 0.3 is 0 Å². The third kappa shape index (κ3) is 2.96. The Kier molecular flexibility index (Phi) is 4.90. The third-order valence-corrected chi connectivity index (χ3v) is 5.07. The number of hydrogen-bond donors (Lipinski definition) is 1. The Labute approximate surface area is 147 Å². The van der Waals surface area contributed by atoms with E-state index < -0.39 is 0 Å². The summed E-state index contributed by atoms with van der Waals surface area (Å²) in [6, 6.07) is 4.06. The summed E-state index contributed by atoms with van der Waals surface area (Å²) in [6.45, 7) is 5.40. The van der Waals surface area contributed by atoms with Crippen molar-refractivity contribution in [2.24, 2.45) is 0 Å². The number of H-pyrrole nitrogens is 1. The summed E-state index contributed by atoms with van der Waals surface area (Å²) < 4.78 is 7.52. The van der Waals surface area contributed by atoms with Crippen molar-refractivity contribution in [3.63, 3.8) is 0 Å². The van der Waals surface area contributed by atoms with Gasteiger partial charge in [0.2, 0.25) is 0 Å². The molecule has 1 N–H and O–H groups in total. The number of fused-ring (bicyclic) bond motifs is 1. The minimum atomic E-state index is 0.824. The van der Waals surface area contributed by atoms with Crippen molar-refractivity contribution < 1.29 is 4.74 Å². The molecule has 0 atom stereocenters. The van der Waals surface area contributed by atoms with Crippen molar-refractivity contribution in [2.45, 2.75) is 26.3 Å². The van der Waals surface area contributed by atoms with Gasteiger partial charge in [-0.05, 0) is 41.0 Å². The van der Waals surface area contributed by atoms with Gasteiger partial charge in [-0.1, -0.05) is 22.9 Å². The molecule has 0 saturated carbocycles. The molecule has 118 valence electrons. The highest BCUT2D eigenvalue weighted by Crippen LogP contribution is 2.40. The van der Waals surface area contributed by atoms with E-state index in [2.05, 4.69) is 59.9 Å². The fraction of sp³-hybridized carbons (Fsp3) is 0.438.